The van der Waals surface area contributed by atoms with Crippen LogP contribution in [0.25, 0.3) is 0 Å². The first kappa shape index (κ1) is 19.2. The molecule has 0 N–H and O–H groups in total. The van der Waals surface area contributed by atoms with E-state index in [2.05, 4.69) is 49.3 Å². The zero-order valence-electron chi connectivity index (χ0n) is 14.3. The molecule has 0 aliphatic carbocycles. The van der Waals surface area contributed by atoms with E-state index < -0.39 is 0 Å². The van der Waals surface area contributed by atoms with Gasteiger partial charge < -0.3 is 9.53 Å². The van der Waals surface area contributed by atoms with Crippen LogP contribution in [0.2, 0.25) is 0 Å². The molecule has 4 heteroatoms. The molecule has 3 nitrogen and oxygen atoms in total. The van der Waals surface area contributed by atoms with Crippen molar-refractivity contribution < 1.29 is 9.53 Å². The van der Waals surface area contributed by atoms with E-state index in [0.29, 0.717) is 6.42 Å². The van der Waals surface area contributed by atoms with Gasteiger partial charge in [0.25, 0.3) is 0 Å². The lowest BCUT2D eigenvalue weighted by Gasteiger charge is -2.41. The first-order valence-electron chi connectivity index (χ1n) is 7.93. The number of ether oxygens (including phenoxy) is 1. The van der Waals surface area contributed by atoms with Crippen molar-refractivity contribution in [1.82, 2.24) is 4.90 Å². The van der Waals surface area contributed by atoms with Crippen molar-refractivity contribution in [1.29, 1.82) is 0 Å². The highest BCUT2D eigenvalue weighted by molar-refractivity contribution is 7.98. The molecule has 1 aromatic carbocycles. The summed E-state index contributed by atoms with van der Waals surface area (Å²) >= 11 is 1.80. The summed E-state index contributed by atoms with van der Waals surface area (Å²) in [5.41, 5.74) is 1.63. The largest absolute Gasteiger partial charge is 0.379 e. The zero-order valence-corrected chi connectivity index (χ0v) is 15.1. The lowest BCUT2D eigenvalue weighted by Crippen LogP contribution is -2.51. The molecular formula is C18H29NO2S. The molecule has 0 aromatic heterocycles. The van der Waals surface area contributed by atoms with Crippen LogP contribution in [0.15, 0.2) is 29.2 Å². The summed E-state index contributed by atoms with van der Waals surface area (Å²) in [5, 5.41) is 0. The van der Waals surface area contributed by atoms with Crippen LogP contribution < -0.4 is 0 Å². The second kappa shape index (κ2) is 10.0. The van der Waals surface area contributed by atoms with E-state index in [9.17, 15) is 4.79 Å². The number of morpholine rings is 1. The van der Waals surface area contributed by atoms with Crippen LogP contribution >= 0.6 is 11.8 Å². The summed E-state index contributed by atoms with van der Waals surface area (Å²) in [6, 6.07) is 8.95. The Morgan fingerprint density at radius 1 is 1.23 bits per heavy atom. The molecule has 1 aliphatic rings. The number of carbonyl (C=O) groups excluding carboxylic acids is 1. The van der Waals surface area contributed by atoms with Crippen LogP contribution in [0.1, 0.15) is 32.8 Å². The summed E-state index contributed by atoms with van der Waals surface area (Å²) in [6.45, 7) is 10.3. The molecule has 0 radical (unpaired) electrons. The van der Waals surface area contributed by atoms with Gasteiger partial charge in [-0.2, -0.15) is 0 Å². The number of thioether (sulfide) groups is 1. The van der Waals surface area contributed by atoms with Crippen LogP contribution in [0.4, 0.5) is 0 Å². The van der Waals surface area contributed by atoms with Crippen molar-refractivity contribution in [2.45, 2.75) is 44.0 Å². The Morgan fingerprint density at radius 3 is 2.23 bits per heavy atom. The van der Waals surface area contributed by atoms with Gasteiger partial charge in [0, 0.05) is 29.9 Å². The van der Waals surface area contributed by atoms with Crippen molar-refractivity contribution in [2.24, 2.45) is 0 Å². The SMILES string of the molecule is CCC=O.CSc1ccc(CC(C)(C)N2CCOCC2)cc1. The average molecular weight is 324 g/mol. The van der Waals surface area contributed by atoms with Crippen LogP contribution in [-0.4, -0.2) is 49.3 Å². The topological polar surface area (TPSA) is 29.5 Å². The molecule has 22 heavy (non-hydrogen) atoms. The Kier molecular flexibility index (Phi) is 8.76. The highest BCUT2D eigenvalue weighted by Crippen LogP contribution is 2.23. The predicted molar refractivity (Wildman–Crippen MR) is 94.8 cm³/mol. The molecule has 124 valence electrons. The van der Waals surface area contributed by atoms with Crippen LogP contribution in [-0.2, 0) is 16.0 Å². The van der Waals surface area contributed by atoms with Gasteiger partial charge in [0.2, 0.25) is 0 Å². The summed E-state index contributed by atoms with van der Waals surface area (Å²) in [5.74, 6) is 0. The molecule has 0 unspecified atom stereocenters. The van der Waals surface area contributed by atoms with Crippen molar-refractivity contribution in [3.8, 4) is 0 Å². The van der Waals surface area contributed by atoms with Gasteiger partial charge in [0.15, 0.2) is 0 Å². The van der Waals surface area contributed by atoms with E-state index in [1.165, 1.54) is 10.5 Å². The summed E-state index contributed by atoms with van der Waals surface area (Å²) in [7, 11) is 0. The monoisotopic (exact) mass is 323 g/mol. The van der Waals surface area contributed by atoms with Gasteiger partial charge in [-0.15, -0.1) is 11.8 Å². The average Bonchev–Trinajstić information content (AvgIpc) is 2.56. The maximum atomic E-state index is 9.17. The molecule has 2 rings (SSSR count). The molecular weight excluding hydrogens is 294 g/mol. The van der Waals surface area contributed by atoms with Crippen LogP contribution in [0.5, 0.6) is 0 Å². The molecule has 1 saturated heterocycles. The highest BCUT2D eigenvalue weighted by Gasteiger charge is 2.28. The van der Waals surface area contributed by atoms with Gasteiger partial charge in [-0.1, -0.05) is 19.1 Å². The Hall–Kier alpha value is -0.840. The Morgan fingerprint density at radius 2 is 1.77 bits per heavy atom. The lowest BCUT2D eigenvalue weighted by atomic mass is 9.92. The normalized spacial score (nSPS) is 15.8. The number of carbonyl (C=O) groups is 1. The molecule has 1 aliphatic heterocycles. The second-order valence-electron chi connectivity index (χ2n) is 6.01. The maximum absolute atomic E-state index is 9.17. The number of hydrogen-bond acceptors (Lipinski definition) is 4. The van der Waals surface area contributed by atoms with E-state index in [0.717, 1.165) is 39.0 Å². The van der Waals surface area contributed by atoms with Gasteiger partial charge in [-0.25, -0.2) is 0 Å². The third-order valence-electron chi connectivity index (χ3n) is 3.83. The highest BCUT2D eigenvalue weighted by atomic mass is 32.2. The minimum absolute atomic E-state index is 0.213. The van der Waals surface area contributed by atoms with Gasteiger partial charge >= 0.3 is 0 Å². The van der Waals surface area contributed by atoms with Gasteiger partial charge in [-0.05, 0) is 44.2 Å². The predicted octanol–water partition coefficient (Wildman–Crippen LogP) is 3.66. The third kappa shape index (κ3) is 6.51. The molecule has 1 fully saturated rings. The fourth-order valence-electron chi connectivity index (χ4n) is 2.52. The fraction of sp³-hybridized carbons (Fsp3) is 0.611. The first-order valence-corrected chi connectivity index (χ1v) is 9.15. The minimum atomic E-state index is 0.213. The van der Waals surface area contributed by atoms with E-state index in [-0.39, 0.29) is 5.54 Å². The number of aldehydes is 1. The molecule has 1 heterocycles. The second-order valence-corrected chi connectivity index (χ2v) is 6.89. The first-order chi connectivity index (χ1) is 10.5. The Labute approximate surface area is 139 Å². The Balaban J connectivity index is 0.000000541. The number of hydrogen-bond donors (Lipinski definition) is 0. The van der Waals surface area contributed by atoms with Crippen LogP contribution in [0.3, 0.4) is 0 Å². The van der Waals surface area contributed by atoms with E-state index in [1.807, 2.05) is 6.92 Å². The van der Waals surface area contributed by atoms with Crippen LogP contribution in [0, 0.1) is 0 Å². The van der Waals surface area contributed by atoms with E-state index in [4.69, 9.17) is 4.74 Å². The lowest BCUT2D eigenvalue weighted by molar-refractivity contribution is -0.107. The van der Waals surface area contributed by atoms with Crippen molar-refractivity contribution in [3.05, 3.63) is 29.8 Å². The number of rotatable bonds is 5. The van der Waals surface area contributed by atoms with Crippen molar-refractivity contribution in [3.63, 3.8) is 0 Å². The fourth-order valence-corrected chi connectivity index (χ4v) is 2.93. The van der Waals surface area contributed by atoms with Gasteiger partial charge in [0.1, 0.15) is 6.29 Å². The molecule has 0 bridgehead atoms. The minimum Gasteiger partial charge on any atom is -0.379 e. The van der Waals surface area contributed by atoms with Gasteiger partial charge in [-0.3, -0.25) is 4.90 Å². The molecule has 1 aromatic rings. The standard InChI is InChI=1S/C15H23NOS.C3H6O/c1-15(2,16-8-10-17-11-9-16)12-13-4-6-14(18-3)7-5-13;1-2-3-4/h4-7H,8-12H2,1-3H3;3H,2H2,1H3. The summed E-state index contributed by atoms with van der Waals surface area (Å²) in [6.07, 6.45) is 4.73. The molecule has 0 amide bonds. The van der Waals surface area contributed by atoms with Crippen molar-refractivity contribution >= 4 is 18.0 Å². The maximum Gasteiger partial charge on any atom is 0.119 e. The number of nitrogens with zero attached hydrogens (tertiary/aromatic N) is 1. The zero-order chi connectivity index (χ0) is 16.4. The smallest absolute Gasteiger partial charge is 0.119 e. The quantitative estimate of drug-likeness (QED) is 0.611. The molecule has 0 saturated carbocycles. The summed E-state index contributed by atoms with van der Waals surface area (Å²) in [4.78, 5) is 13.1. The molecule has 0 atom stereocenters. The van der Waals surface area contributed by atoms with Gasteiger partial charge in [0.05, 0.1) is 13.2 Å². The number of benzene rings is 1. The van der Waals surface area contributed by atoms with E-state index in [1.54, 1.807) is 11.8 Å². The molecule has 0 spiro atoms. The summed E-state index contributed by atoms with van der Waals surface area (Å²) < 4.78 is 5.43. The van der Waals surface area contributed by atoms with Crippen molar-refractivity contribution in [2.75, 3.05) is 32.6 Å². The van der Waals surface area contributed by atoms with E-state index >= 15 is 0 Å². The Bertz CT molecular complexity index is 425. The third-order valence-corrected chi connectivity index (χ3v) is 4.57.